The van der Waals surface area contributed by atoms with Gasteiger partial charge in [0.1, 0.15) is 4.21 Å². The molecule has 0 spiro atoms. The van der Waals surface area contributed by atoms with Crippen LogP contribution in [-0.4, -0.2) is 25.5 Å². The van der Waals surface area contributed by atoms with Crippen LogP contribution in [0.3, 0.4) is 0 Å². The normalized spacial score (nSPS) is 24.3. The maximum Gasteiger partial charge on any atom is 0.336 e. The standard InChI is InChI=1S/C11H15NO4S2/c1-7-3-2-4-9(7)12-18(15,16)10-5-8(6-17-10)11(13)14/h5-7,9,12H,2-4H2,1H3,(H,13,14). The molecule has 0 amide bonds. The molecule has 2 rings (SSSR count). The highest BCUT2D eigenvalue weighted by Crippen LogP contribution is 2.27. The fourth-order valence-electron chi connectivity index (χ4n) is 2.15. The van der Waals surface area contributed by atoms with Crippen molar-refractivity contribution in [2.75, 3.05) is 0 Å². The summed E-state index contributed by atoms with van der Waals surface area (Å²) in [5, 5.41) is 10.1. The molecule has 0 bridgehead atoms. The molecule has 1 aromatic rings. The third-order valence-corrected chi connectivity index (χ3v) is 6.18. The zero-order valence-corrected chi connectivity index (χ0v) is 11.6. The number of aromatic carboxylic acids is 1. The SMILES string of the molecule is CC1CCCC1NS(=O)(=O)c1cc(C(=O)O)cs1. The Labute approximate surface area is 110 Å². The van der Waals surface area contributed by atoms with Gasteiger partial charge in [0, 0.05) is 11.4 Å². The third-order valence-electron chi connectivity index (χ3n) is 3.26. The Bertz CT molecular complexity index is 549. The summed E-state index contributed by atoms with van der Waals surface area (Å²) in [7, 11) is -3.58. The molecule has 2 N–H and O–H groups in total. The number of carboxylic acid groups (broad SMARTS) is 1. The summed E-state index contributed by atoms with van der Waals surface area (Å²) in [4.78, 5) is 10.7. The van der Waals surface area contributed by atoms with Crippen molar-refractivity contribution in [3.8, 4) is 0 Å². The van der Waals surface area contributed by atoms with Crippen LogP contribution in [0, 0.1) is 5.92 Å². The maximum atomic E-state index is 12.1. The van der Waals surface area contributed by atoms with Crippen LogP contribution in [0.15, 0.2) is 15.7 Å². The van der Waals surface area contributed by atoms with Gasteiger partial charge in [-0.25, -0.2) is 17.9 Å². The number of carbonyl (C=O) groups is 1. The summed E-state index contributed by atoms with van der Waals surface area (Å²) in [6, 6.07) is 1.17. The molecule has 100 valence electrons. The molecule has 5 nitrogen and oxygen atoms in total. The second-order valence-electron chi connectivity index (χ2n) is 4.60. The minimum atomic E-state index is -3.58. The van der Waals surface area contributed by atoms with Crippen molar-refractivity contribution in [3.05, 3.63) is 17.0 Å². The fourth-order valence-corrected chi connectivity index (χ4v) is 4.70. The van der Waals surface area contributed by atoms with Gasteiger partial charge >= 0.3 is 5.97 Å². The Morgan fingerprint density at radius 3 is 2.72 bits per heavy atom. The van der Waals surface area contributed by atoms with Gasteiger partial charge in [-0.05, 0) is 24.8 Å². The van der Waals surface area contributed by atoms with Crippen molar-refractivity contribution in [2.45, 2.75) is 36.4 Å². The zero-order chi connectivity index (χ0) is 13.3. The number of hydrogen-bond donors (Lipinski definition) is 2. The van der Waals surface area contributed by atoms with Gasteiger partial charge in [-0.2, -0.15) is 0 Å². The van der Waals surface area contributed by atoms with E-state index in [4.69, 9.17) is 5.11 Å². The Morgan fingerprint density at radius 1 is 1.50 bits per heavy atom. The molecular formula is C11H15NO4S2. The molecule has 1 fully saturated rings. The first-order chi connectivity index (χ1) is 8.40. The van der Waals surface area contributed by atoms with Crippen molar-refractivity contribution in [3.63, 3.8) is 0 Å². The topological polar surface area (TPSA) is 83.5 Å². The van der Waals surface area contributed by atoms with E-state index < -0.39 is 16.0 Å². The van der Waals surface area contributed by atoms with Crippen LogP contribution in [0.4, 0.5) is 0 Å². The van der Waals surface area contributed by atoms with Crippen molar-refractivity contribution < 1.29 is 18.3 Å². The van der Waals surface area contributed by atoms with E-state index in [1.165, 1.54) is 11.4 Å². The fraction of sp³-hybridized carbons (Fsp3) is 0.545. The summed E-state index contributed by atoms with van der Waals surface area (Å²) in [6.45, 7) is 2.03. The first-order valence-corrected chi connectivity index (χ1v) is 8.10. The van der Waals surface area contributed by atoms with E-state index >= 15 is 0 Å². The van der Waals surface area contributed by atoms with Gasteiger partial charge in [0.2, 0.25) is 10.0 Å². The molecule has 1 heterocycles. The lowest BCUT2D eigenvalue weighted by Crippen LogP contribution is -2.36. The lowest BCUT2D eigenvalue weighted by molar-refractivity contribution is 0.0697. The second kappa shape index (κ2) is 4.99. The van der Waals surface area contributed by atoms with Crippen LogP contribution >= 0.6 is 11.3 Å². The van der Waals surface area contributed by atoms with Gasteiger partial charge in [-0.15, -0.1) is 11.3 Å². The largest absolute Gasteiger partial charge is 0.478 e. The summed E-state index contributed by atoms with van der Waals surface area (Å²) in [5.74, 6) is -0.777. The molecule has 2 atom stereocenters. The minimum Gasteiger partial charge on any atom is -0.478 e. The quantitative estimate of drug-likeness (QED) is 0.887. The predicted molar refractivity (Wildman–Crippen MR) is 68.4 cm³/mol. The van der Waals surface area contributed by atoms with Crippen molar-refractivity contribution in [1.29, 1.82) is 0 Å². The molecule has 0 saturated heterocycles. The van der Waals surface area contributed by atoms with Crippen LogP contribution < -0.4 is 4.72 Å². The second-order valence-corrected chi connectivity index (χ2v) is 7.45. The van der Waals surface area contributed by atoms with E-state index in [2.05, 4.69) is 4.72 Å². The molecular weight excluding hydrogens is 274 g/mol. The lowest BCUT2D eigenvalue weighted by atomic mass is 10.1. The number of sulfonamides is 1. The lowest BCUT2D eigenvalue weighted by Gasteiger charge is -2.16. The van der Waals surface area contributed by atoms with Gasteiger partial charge in [0.05, 0.1) is 5.56 Å². The molecule has 18 heavy (non-hydrogen) atoms. The van der Waals surface area contributed by atoms with E-state index in [0.717, 1.165) is 30.6 Å². The first kappa shape index (κ1) is 13.5. The molecule has 0 aliphatic heterocycles. The van der Waals surface area contributed by atoms with Crippen LogP contribution in [0.2, 0.25) is 0 Å². The monoisotopic (exact) mass is 289 g/mol. The molecule has 0 radical (unpaired) electrons. The molecule has 2 unspecified atom stereocenters. The smallest absolute Gasteiger partial charge is 0.336 e. The van der Waals surface area contributed by atoms with E-state index in [1.54, 1.807) is 0 Å². The van der Waals surface area contributed by atoms with Crippen molar-refractivity contribution in [1.82, 2.24) is 4.72 Å². The van der Waals surface area contributed by atoms with Crippen LogP contribution in [-0.2, 0) is 10.0 Å². The number of nitrogens with one attached hydrogen (secondary N) is 1. The maximum absolute atomic E-state index is 12.1. The molecule has 7 heteroatoms. The highest BCUT2D eigenvalue weighted by molar-refractivity contribution is 7.91. The Kier molecular flexibility index (Phi) is 3.74. The van der Waals surface area contributed by atoms with Gasteiger partial charge < -0.3 is 5.11 Å². The van der Waals surface area contributed by atoms with E-state index in [1.807, 2.05) is 6.92 Å². The summed E-state index contributed by atoms with van der Waals surface area (Å²) >= 11 is 0.938. The van der Waals surface area contributed by atoms with Gasteiger partial charge in [0.15, 0.2) is 0 Å². The Balaban J connectivity index is 2.17. The third kappa shape index (κ3) is 2.73. The van der Waals surface area contributed by atoms with Crippen molar-refractivity contribution >= 4 is 27.3 Å². The highest BCUT2D eigenvalue weighted by Gasteiger charge is 2.29. The number of rotatable bonds is 4. The average molecular weight is 289 g/mol. The number of thiophene rings is 1. The Morgan fingerprint density at radius 2 is 2.22 bits per heavy atom. The Hall–Kier alpha value is -0.920. The summed E-state index contributed by atoms with van der Waals surface area (Å²) in [6.07, 6.45) is 2.90. The van der Waals surface area contributed by atoms with Gasteiger partial charge in [0.25, 0.3) is 0 Å². The van der Waals surface area contributed by atoms with E-state index in [9.17, 15) is 13.2 Å². The molecule has 1 saturated carbocycles. The van der Waals surface area contributed by atoms with E-state index in [0.29, 0.717) is 5.92 Å². The summed E-state index contributed by atoms with van der Waals surface area (Å²) in [5.41, 5.74) is 0.0137. The van der Waals surface area contributed by atoms with Gasteiger partial charge in [-0.3, -0.25) is 0 Å². The van der Waals surface area contributed by atoms with Crippen LogP contribution in [0.25, 0.3) is 0 Å². The van der Waals surface area contributed by atoms with Crippen LogP contribution in [0.1, 0.15) is 36.5 Å². The molecule has 1 aliphatic carbocycles. The zero-order valence-electron chi connectivity index (χ0n) is 9.92. The average Bonchev–Trinajstić information content (AvgIpc) is 2.88. The van der Waals surface area contributed by atoms with Crippen molar-refractivity contribution in [2.24, 2.45) is 5.92 Å². The first-order valence-electron chi connectivity index (χ1n) is 5.74. The minimum absolute atomic E-state index is 0.0137. The summed E-state index contributed by atoms with van der Waals surface area (Å²) < 4.78 is 26.9. The predicted octanol–water partition coefficient (Wildman–Crippen LogP) is 1.91. The molecule has 0 aromatic carbocycles. The molecule has 1 aromatic heterocycles. The van der Waals surface area contributed by atoms with E-state index in [-0.39, 0.29) is 15.8 Å². The van der Waals surface area contributed by atoms with Crippen LogP contribution in [0.5, 0.6) is 0 Å². The molecule has 1 aliphatic rings. The number of hydrogen-bond acceptors (Lipinski definition) is 4. The highest BCUT2D eigenvalue weighted by atomic mass is 32.2. The number of carboxylic acids is 1. The van der Waals surface area contributed by atoms with Gasteiger partial charge in [-0.1, -0.05) is 13.3 Å².